The molecule has 0 N–H and O–H groups in total. The van der Waals surface area contributed by atoms with Crippen molar-refractivity contribution in [3.8, 4) is 0 Å². The zero-order valence-corrected chi connectivity index (χ0v) is 30.1. The maximum atomic E-state index is 2.71. The van der Waals surface area contributed by atoms with Gasteiger partial charge < -0.3 is 9.80 Å². The van der Waals surface area contributed by atoms with Crippen LogP contribution in [0.1, 0.15) is 47.2 Å². The molecule has 2 aliphatic carbocycles. The molecule has 6 aromatic carbocycles. The van der Waals surface area contributed by atoms with E-state index in [0.29, 0.717) is 22.9 Å². The Hall–Kier alpha value is -4.86. The molecule has 0 aromatic heterocycles. The topological polar surface area (TPSA) is 6.48 Å². The van der Waals surface area contributed by atoms with E-state index in [9.17, 15) is 0 Å². The summed E-state index contributed by atoms with van der Waals surface area (Å²) in [5, 5.41) is 0. The third-order valence-electron chi connectivity index (χ3n) is 11.4. The van der Waals surface area contributed by atoms with E-state index in [1.54, 1.807) is 11.1 Å². The summed E-state index contributed by atoms with van der Waals surface area (Å²) in [4.78, 5) is 4.95. The van der Waals surface area contributed by atoms with Crippen molar-refractivity contribution in [2.75, 3.05) is 9.80 Å². The highest BCUT2D eigenvalue weighted by Crippen LogP contribution is 2.57. The number of fused-ring (bicyclic) bond motifs is 2. The Labute approximate surface area is 293 Å². The van der Waals surface area contributed by atoms with Gasteiger partial charge in [0.15, 0.2) is 0 Å². The third-order valence-corrected chi connectivity index (χ3v) is 16.3. The summed E-state index contributed by atoms with van der Waals surface area (Å²) in [6.07, 6.45) is 2.24. The van der Waals surface area contributed by atoms with Gasteiger partial charge in [0.1, 0.15) is 0 Å². The van der Waals surface area contributed by atoms with Gasteiger partial charge in [-0.05, 0) is 119 Å². The average Bonchev–Trinajstić information content (AvgIpc) is 3.67. The fourth-order valence-corrected chi connectivity index (χ4v) is 15.4. The van der Waals surface area contributed by atoms with Gasteiger partial charge in [0.2, 0.25) is 0 Å². The Morgan fingerprint density at radius 2 is 0.714 bits per heavy atom. The molecule has 0 aliphatic heterocycles. The van der Waals surface area contributed by atoms with Gasteiger partial charge in [0.25, 0.3) is 0 Å². The molecule has 4 unspecified atom stereocenters. The Bertz CT molecular complexity index is 1810. The fraction of sp³-hybridized carbons (Fsp3) is 0.217. The van der Waals surface area contributed by atoms with Crippen molar-refractivity contribution in [1.29, 1.82) is 0 Å². The maximum Gasteiger partial charge on any atom is 0.0634 e. The highest BCUT2D eigenvalue weighted by Gasteiger charge is 2.51. The normalized spacial score (nSPS) is 19.7. The Kier molecular flexibility index (Phi) is 8.25. The van der Waals surface area contributed by atoms with Crippen molar-refractivity contribution in [2.45, 2.75) is 50.9 Å². The number of anilines is 6. The van der Waals surface area contributed by atoms with Gasteiger partial charge >= 0.3 is 0 Å². The maximum absolute atomic E-state index is 2.71. The monoisotopic (exact) mass is 654 g/mol. The summed E-state index contributed by atoms with van der Waals surface area (Å²) in [5.41, 5.74) is 14.9. The first-order valence-corrected chi connectivity index (χ1v) is 21.1. The quantitative estimate of drug-likeness (QED) is 0.151. The molecule has 2 aliphatic rings. The molecular formula is C46H46N2Si. The number of para-hydroxylation sites is 4. The second-order valence-electron chi connectivity index (χ2n) is 14.8. The second-order valence-corrected chi connectivity index (χ2v) is 19.7. The van der Waals surface area contributed by atoms with Crippen molar-refractivity contribution in [1.82, 2.24) is 0 Å². The molecule has 0 fully saturated rings. The Morgan fingerprint density at radius 3 is 1.02 bits per heavy atom. The largest absolute Gasteiger partial charge is 0.310 e. The molecule has 4 atom stereocenters. The van der Waals surface area contributed by atoms with E-state index < -0.39 is 8.07 Å². The van der Waals surface area contributed by atoms with Gasteiger partial charge in [-0.3, -0.25) is 0 Å². The first-order valence-electron chi connectivity index (χ1n) is 18.0. The molecule has 0 heterocycles. The molecule has 8 rings (SSSR count). The highest BCUT2D eigenvalue weighted by molar-refractivity contribution is 6.80. The molecule has 0 spiro atoms. The molecule has 0 saturated carbocycles. The molecule has 3 heteroatoms. The number of hydrogen-bond donors (Lipinski definition) is 0. The molecule has 49 heavy (non-hydrogen) atoms. The van der Waals surface area contributed by atoms with Gasteiger partial charge in [-0.2, -0.15) is 0 Å². The van der Waals surface area contributed by atoms with E-state index in [1.807, 2.05) is 0 Å². The summed E-state index contributed by atoms with van der Waals surface area (Å²) in [5.74, 6) is 1.19. The number of nitrogens with zero attached hydrogens (tertiary/aromatic N) is 2. The van der Waals surface area contributed by atoms with E-state index >= 15 is 0 Å². The molecule has 244 valence electrons. The van der Waals surface area contributed by atoms with Crippen molar-refractivity contribution in [2.24, 2.45) is 11.8 Å². The average molecular weight is 655 g/mol. The highest BCUT2D eigenvalue weighted by atomic mass is 28.3. The van der Waals surface area contributed by atoms with Crippen molar-refractivity contribution in [3.05, 3.63) is 180 Å². The molecule has 6 aromatic rings. The van der Waals surface area contributed by atoms with Gasteiger partial charge in [-0.15, -0.1) is 0 Å². The molecule has 2 nitrogen and oxygen atoms in total. The van der Waals surface area contributed by atoms with Crippen LogP contribution in [0.3, 0.4) is 0 Å². The minimum Gasteiger partial charge on any atom is -0.310 e. The van der Waals surface area contributed by atoms with Crippen LogP contribution in [-0.2, 0) is 12.8 Å². The third kappa shape index (κ3) is 5.51. The van der Waals surface area contributed by atoms with E-state index in [-0.39, 0.29) is 0 Å². The minimum atomic E-state index is -1.94. The first-order chi connectivity index (χ1) is 23.9. The molecule has 0 bridgehead atoms. The van der Waals surface area contributed by atoms with Crippen LogP contribution in [0, 0.1) is 11.8 Å². The zero-order valence-electron chi connectivity index (χ0n) is 29.1. The van der Waals surface area contributed by atoms with Crippen LogP contribution in [0.5, 0.6) is 0 Å². The van der Waals surface area contributed by atoms with E-state index in [1.165, 1.54) is 45.3 Å². The summed E-state index contributed by atoms with van der Waals surface area (Å²) in [6, 6.07) is 57.9. The molecule has 0 radical (unpaired) electrons. The Balaban J connectivity index is 1.22. The molecular weight excluding hydrogens is 609 g/mol. The number of hydrogen-bond acceptors (Lipinski definition) is 2. The lowest BCUT2D eigenvalue weighted by molar-refractivity contribution is 0.543. The molecule has 0 amide bonds. The smallest absolute Gasteiger partial charge is 0.0634 e. The predicted octanol–water partition coefficient (Wildman–Crippen LogP) is 12.7. The number of benzene rings is 6. The lowest BCUT2D eigenvalue weighted by Crippen LogP contribution is -2.45. The summed E-state index contributed by atoms with van der Waals surface area (Å²) >= 11 is 0. The van der Waals surface area contributed by atoms with Crippen LogP contribution in [-0.4, -0.2) is 8.07 Å². The van der Waals surface area contributed by atoms with Crippen LogP contribution >= 0.6 is 0 Å². The number of rotatable bonds is 8. The van der Waals surface area contributed by atoms with Crippen molar-refractivity contribution >= 4 is 42.2 Å². The van der Waals surface area contributed by atoms with Crippen LogP contribution < -0.4 is 9.80 Å². The van der Waals surface area contributed by atoms with Crippen LogP contribution in [0.4, 0.5) is 34.1 Å². The van der Waals surface area contributed by atoms with Gasteiger partial charge in [0, 0.05) is 34.1 Å². The Morgan fingerprint density at radius 1 is 0.408 bits per heavy atom. The minimum absolute atomic E-state index is 0.581. The van der Waals surface area contributed by atoms with Crippen LogP contribution in [0.25, 0.3) is 0 Å². The van der Waals surface area contributed by atoms with E-state index in [0.717, 1.165) is 12.8 Å². The standard InChI is InChI=1S/C46H46N2Si/c1-33-31-41-39(27-17-29-43(41)47(35-19-9-5-10-20-35)36-21-11-6-12-22-36)45(33)49(3,4)46-34(2)32-42-40(46)28-18-30-44(42)48(37-23-13-7-14-24-37)38-25-15-8-16-26-38/h5-30,33-34,45-46H,31-32H2,1-4H3. The molecule has 0 saturated heterocycles. The second kappa shape index (κ2) is 12.9. The SMILES string of the molecule is CC1Cc2c(cccc2N(c2ccccc2)c2ccccc2)C1[Si](C)(C)C1c2cccc(N(c3ccccc3)c3ccccc3)c2CC1C. The van der Waals surface area contributed by atoms with Gasteiger partial charge in [-0.1, -0.05) is 124 Å². The fourth-order valence-electron chi connectivity index (χ4n) is 9.75. The van der Waals surface area contributed by atoms with Crippen LogP contribution in [0.15, 0.2) is 158 Å². The van der Waals surface area contributed by atoms with Gasteiger partial charge in [-0.25, -0.2) is 0 Å². The van der Waals surface area contributed by atoms with Crippen molar-refractivity contribution in [3.63, 3.8) is 0 Å². The lowest BCUT2D eigenvalue weighted by atomic mass is 10.1. The summed E-state index contributed by atoms with van der Waals surface area (Å²) in [7, 11) is -1.94. The van der Waals surface area contributed by atoms with Gasteiger partial charge in [0.05, 0.1) is 8.07 Å². The zero-order chi connectivity index (χ0) is 33.5. The van der Waals surface area contributed by atoms with E-state index in [2.05, 4.69) is 194 Å². The van der Waals surface area contributed by atoms with Crippen molar-refractivity contribution < 1.29 is 0 Å². The van der Waals surface area contributed by atoms with E-state index in [4.69, 9.17) is 0 Å². The summed E-state index contributed by atoms with van der Waals surface area (Å²) in [6.45, 7) is 10.5. The predicted molar refractivity (Wildman–Crippen MR) is 211 cm³/mol. The first kappa shape index (κ1) is 31.4. The lowest BCUT2D eigenvalue weighted by Gasteiger charge is -2.41. The van der Waals surface area contributed by atoms with Crippen LogP contribution in [0.2, 0.25) is 13.1 Å². The summed E-state index contributed by atoms with van der Waals surface area (Å²) < 4.78 is 0.